The fourth-order valence-electron chi connectivity index (χ4n) is 4.12. The van der Waals surface area contributed by atoms with E-state index in [-0.39, 0.29) is 11.8 Å². The maximum Gasteiger partial charge on any atom is 0.228 e. The molecule has 0 bridgehead atoms. The van der Waals surface area contributed by atoms with Crippen molar-refractivity contribution in [3.63, 3.8) is 0 Å². The van der Waals surface area contributed by atoms with E-state index in [1.165, 1.54) is 0 Å². The average molecular weight is 320 g/mol. The molecule has 1 aromatic heterocycles. The molecule has 0 aromatic carbocycles. The van der Waals surface area contributed by atoms with Crippen LogP contribution in [0.2, 0.25) is 0 Å². The van der Waals surface area contributed by atoms with Gasteiger partial charge in [-0.1, -0.05) is 0 Å². The summed E-state index contributed by atoms with van der Waals surface area (Å²) >= 11 is 0. The smallest absolute Gasteiger partial charge is 0.228 e. The zero-order chi connectivity index (χ0) is 15.6. The zero-order valence-electron chi connectivity index (χ0n) is 13.4. The lowest BCUT2D eigenvalue weighted by atomic mass is 9.82. The predicted octanol–water partition coefficient (Wildman–Crippen LogP) is 0.833. The molecule has 23 heavy (non-hydrogen) atoms. The molecule has 0 unspecified atom stereocenters. The first-order chi connectivity index (χ1) is 11.3. The van der Waals surface area contributed by atoms with Gasteiger partial charge < -0.3 is 18.8 Å². The molecule has 0 radical (unpaired) electrons. The highest BCUT2D eigenvalue weighted by atomic mass is 16.5. The fraction of sp³-hybridized carbons (Fsp3) is 0.706. The quantitative estimate of drug-likeness (QED) is 0.826. The molecule has 3 atom stereocenters. The van der Waals surface area contributed by atoms with E-state index in [0.717, 1.165) is 32.0 Å². The second kappa shape index (κ2) is 6.63. The summed E-state index contributed by atoms with van der Waals surface area (Å²) in [7, 11) is 0. The average Bonchev–Trinajstić information content (AvgIpc) is 3.24. The molecule has 4 heterocycles. The van der Waals surface area contributed by atoms with Crippen LogP contribution in [0.3, 0.4) is 0 Å². The van der Waals surface area contributed by atoms with E-state index in [1.54, 1.807) is 6.26 Å². The number of furan rings is 1. The number of fused-ring (bicyclic) bond motifs is 1. The normalized spacial score (nSPS) is 32.0. The molecule has 3 aliphatic rings. The second-order valence-corrected chi connectivity index (χ2v) is 6.78. The molecular formula is C17H24N2O4. The largest absolute Gasteiger partial charge is 0.468 e. The number of likely N-dealkylation sites (tertiary alicyclic amines) is 1. The third-order valence-corrected chi connectivity index (χ3v) is 5.31. The number of hydrogen-bond donors (Lipinski definition) is 0. The number of nitrogens with zero attached hydrogens (tertiary/aromatic N) is 2. The Morgan fingerprint density at radius 2 is 2.04 bits per heavy atom. The van der Waals surface area contributed by atoms with Crippen LogP contribution in [-0.2, 0) is 20.8 Å². The number of hydrogen-bond acceptors (Lipinski definition) is 5. The van der Waals surface area contributed by atoms with Crippen molar-refractivity contribution in [2.45, 2.75) is 6.54 Å². The minimum absolute atomic E-state index is 0.00606. The van der Waals surface area contributed by atoms with Crippen molar-refractivity contribution in [1.29, 1.82) is 0 Å². The van der Waals surface area contributed by atoms with Crippen molar-refractivity contribution in [2.24, 2.45) is 17.8 Å². The molecule has 1 amide bonds. The van der Waals surface area contributed by atoms with Crippen molar-refractivity contribution in [1.82, 2.24) is 9.80 Å². The first-order valence-corrected chi connectivity index (χ1v) is 8.50. The van der Waals surface area contributed by atoms with E-state index >= 15 is 0 Å². The maximum atomic E-state index is 12.9. The topological polar surface area (TPSA) is 55.2 Å². The molecule has 0 spiro atoms. The van der Waals surface area contributed by atoms with Gasteiger partial charge in [0.05, 0.1) is 45.2 Å². The van der Waals surface area contributed by atoms with E-state index in [9.17, 15) is 4.79 Å². The summed E-state index contributed by atoms with van der Waals surface area (Å²) in [5.74, 6) is 2.08. The molecule has 3 fully saturated rings. The van der Waals surface area contributed by atoms with Crippen LogP contribution < -0.4 is 0 Å². The first kappa shape index (κ1) is 15.2. The SMILES string of the molecule is O=C([C@H]1COC[C@H]2CN(Cc3ccco3)C[C@H]21)N1CCOCC1. The summed E-state index contributed by atoms with van der Waals surface area (Å²) in [4.78, 5) is 17.2. The highest BCUT2D eigenvalue weighted by Crippen LogP contribution is 2.35. The van der Waals surface area contributed by atoms with Crippen LogP contribution in [0.1, 0.15) is 5.76 Å². The minimum Gasteiger partial charge on any atom is -0.468 e. The van der Waals surface area contributed by atoms with E-state index in [0.29, 0.717) is 44.7 Å². The van der Waals surface area contributed by atoms with Crippen LogP contribution in [0.15, 0.2) is 22.8 Å². The molecule has 0 aliphatic carbocycles. The molecule has 0 N–H and O–H groups in total. The van der Waals surface area contributed by atoms with Gasteiger partial charge in [-0.3, -0.25) is 9.69 Å². The van der Waals surface area contributed by atoms with Crippen molar-refractivity contribution in [3.8, 4) is 0 Å². The highest BCUT2D eigenvalue weighted by Gasteiger charge is 2.45. The number of carbonyl (C=O) groups is 1. The lowest BCUT2D eigenvalue weighted by Gasteiger charge is -2.36. The third kappa shape index (κ3) is 3.16. The van der Waals surface area contributed by atoms with Gasteiger partial charge >= 0.3 is 0 Å². The fourth-order valence-corrected chi connectivity index (χ4v) is 4.12. The molecule has 0 saturated carbocycles. The van der Waals surface area contributed by atoms with Crippen LogP contribution in [0, 0.1) is 17.8 Å². The van der Waals surface area contributed by atoms with E-state index in [2.05, 4.69) is 4.90 Å². The van der Waals surface area contributed by atoms with Gasteiger partial charge in [-0.05, 0) is 24.0 Å². The molecule has 3 saturated heterocycles. The summed E-state index contributed by atoms with van der Waals surface area (Å²) in [6.45, 7) is 6.81. The standard InChI is InChI=1S/C17H24N2O4/c20-17(19-3-6-21-7-4-19)16-12-22-11-13-8-18(10-15(13)16)9-14-2-1-5-23-14/h1-2,5,13,15-16H,3-4,6-12H2/t13-,15-,16+/m1/s1. The van der Waals surface area contributed by atoms with E-state index in [4.69, 9.17) is 13.9 Å². The van der Waals surface area contributed by atoms with Crippen molar-refractivity contribution in [2.75, 3.05) is 52.6 Å². The van der Waals surface area contributed by atoms with Gasteiger partial charge in [0, 0.05) is 26.2 Å². The number of carbonyl (C=O) groups excluding carboxylic acids is 1. The molecule has 126 valence electrons. The van der Waals surface area contributed by atoms with Crippen LogP contribution in [0.5, 0.6) is 0 Å². The van der Waals surface area contributed by atoms with E-state index in [1.807, 2.05) is 17.0 Å². The van der Waals surface area contributed by atoms with Gasteiger partial charge in [0.25, 0.3) is 0 Å². The van der Waals surface area contributed by atoms with Crippen LogP contribution in [-0.4, -0.2) is 68.3 Å². The van der Waals surface area contributed by atoms with Gasteiger partial charge in [-0.25, -0.2) is 0 Å². The maximum absolute atomic E-state index is 12.9. The summed E-state index contributed by atoms with van der Waals surface area (Å²) in [5.41, 5.74) is 0. The summed E-state index contributed by atoms with van der Waals surface area (Å²) in [6, 6.07) is 3.93. The summed E-state index contributed by atoms with van der Waals surface area (Å²) in [5, 5.41) is 0. The second-order valence-electron chi connectivity index (χ2n) is 6.78. The Kier molecular flexibility index (Phi) is 4.37. The number of rotatable bonds is 3. The van der Waals surface area contributed by atoms with Gasteiger partial charge in [0.1, 0.15) is 5.76 Å². The molecular weight excluding hydrogens is 296 g/mol. The molecule has 4 rings (SSSR count). The van der Waals surface area contributed by atoms with Gasteiger partial charge in [0.2, 0.25) is 5.91 Å². The molecule has 1 aromatic rings. The monoisotopic (exact) mass is 320 g/mol. The number of ether oxygens (including phenoxy) is 2. The zero-order valence-corrected chi connectivity index (χ0v) is 13.4. The van der Waals surface area contributed by atoms with Gasteiger partial charge in [-0.2, -0.15) is 0 Å². The first-order valence-electron chi connectivity index (χ1n) is 8.50. The minimum atomic E-state index is -0.00606. The number of morpholine rings is 1. The van der Waals surface area contributed by atoms with Crippen molar-refractivity contribution >= 4 is 5.91 Å². The third-order valence-electron chi connectivity index (χ3n) is 5.31. The molecule has 6 heteroatoms. The van der Waals surface area contributed by atoms with Crippen LogP contribution in [0.25, 0.3) is 0 Å². The Bertz CT molecular complexity index is 527. The lowest BCUT2D eigenvalue weighted by molar-refractivity contribution is -0.148. The van der Waals surface area contributed by atoms with Crippen LogP contribution >= 0.6 is 0 Å². The Morgan fingerprint density at radius 1 is 1.17 bits per heavy atom. The highest BCUT2D eigenvalue weighted by molar-refractivity contribution is 5.79. The summed E-state index contributed by atoms with van der Waals surface area (Å²) in [6.07, 6.45) is 1.71. The molecule has 6 nitrogen and oxygen atoms in total. The Hall–Kier alpha value is -1.37. The summed E-state index contributed by atoms with van der Waals surface area (Å²) < 4.78 is 16.6. The Labute approximate surface area is 136 Å². The predicted molar refractivity (Wildman–Crippen MR) is 82.7 cm³/mol. The Balaban J connectivity index is 1.41. The molecule has 3 aliphatic heterocycles. The van der Waals surface area contributed by atoms with Crippen LogP contribution in [0.4, 0.5) is 0 Å². The number of amides is 1. The Morgan fingerprint density at radius 3 is 2.83 bits per heavy atom. The van der Waals surface area contributed by atoms with E-state index < -0.39 is 0 Å². The van der Waals surface area contributed by atoms with Gasteiger partial charge in [-0.15, -0.1) is 0 Å². The van der Waals surface area contributed by atoms with Gasteiger partial charge in [0.15, 0.2) is 0 Å². The van der Waals surface area contributed by atoms with Crippen molar-refractivity contribution < 1.29 is 18.7 Å². The lowest BCUT2D eigenvalue weighted by Crippen LogP contribution is -2.49. The van der Waals surface area contributed by atoms with Crippen molar-refractivity contribution in [3.05, 3.63) is 24.2 Å².